The topological polar surface area (TPSA) is 79.5 Å². The van der Waals surface area contributed by atoms with Gasteiger partial charge < -0.3 is 14.8 Å². The summed E-state index contributed by atoms with van der Waals surface area (Å²) < 4.78 is 5.32. The van der Waals surface area contributed by atoms with Gasteiger partial charge in [-0.2, -0.15) is 0 Å². The number of nitrogens with one attached hydrogen (secondary N) is 1. The van der Waals surface area contributed by atoms with Crippen LogP contribution in [0.3, 0.4) is 0 Å². The quantitative estimate of drug-likeness (QED) is 0.853. The lowest BCUT2D eigenvalue weighted by Gasteiger charge is -2.10. The molecule has 5 heteroatoms. The van der Waals surface area contributed by atoms with E-state index in [1.165, 1.54) is 6.26 Å². The highest BCUT2D eigenvalue weighted by atomic mass is 16.4. The Hall–Kier alpha value is -2.56. The van der Waals surface area contributed by atoms with E-state index < -0.39 is 11.9 Å². The molecule has 1 amide bonds. The number of furan rings is 1. The molecule has 0 fully saturated rings. The van der Waals surface area contributed by atoms with Gasteiger partial charge in [0.15, 0.2) is 0 Å². The third-order valence-electron chi connectivity index (χ3n) is 3.48. The van der Waals surface area contributed by atoms with Gasteiger partial charge in [0.2, 0.25) is 0 Å². The fraction of sp³-hybridized carbons (Fsp3) is 0.294. The molecule has 116 valence electrons. The molecule has 2 rings (SSSR count). The summed E-state index contributed by atoms with van der Waals surface area (Å²) in [5.41, 5.74) is 1.73. The summed E-state index contributed by atoms with van der Waals surface area (Å²) in [7, 11) is 0. The van der Waals surface area contributed by atoms with Crippen LogP contribution in [-0.2, 0) is 11.2 Å². The van der Waals surface area contributed by atoms with E-state index in [0.717, 1.165) is 6.42 Å². The zero-order chi connectivity index (χ0) is 16.1. The molecule has 0 saturated heterocycles. The van der Waals surface area contributed by atoms with Crippen molar-refractivity contribution in [2.45, 2.75) is 32.6 Å². The fourth-order valence-corrected chi connectivity index (χ4v) is 2.19. The molecular weight excluding hydrogens is 282 g/mol. The average molecular weight is 301 g/mol. The summed E-state index contributed by atoms with van der Waals surface area (Å²) in [4.78, 5) is 23.3. The second kappa shape index (κ2) is 6.93. The van der Waals surface area contributed by atoms with Gasteiger partial charge in [0, 0.05) is 12.1 Å². The first-order valence-corrected chi connectivity index (χ1v) is 7.23. The minimum absolute atomic E-state index is 0.252. The number of carbonyl (C=O) groups is 2. The number of anilines is 1. The molecule has 0 radical (unpaired) electrons. The predicted molar refractivity (Wildman–Crippen MR) is 83.1 cm³/mol. The summed E-state index contributed by atoms with van der Waals surface area (Å²) in [6.07, 6.45) is 3.09. The Bertz CT molecular complexity index is 675. The second-order valence-corrected chi connectivity index (χ2v) is 5.15. The van der Waals surface area contributed by atoms with Gasteiger partial charge in [0.1, 0.15) is 5.76 Å². The Labute approximate surface area is 129 Å². The highest BCUT2D eigenvalue weighted by Gasteiger charge is 2.16. The van der Waals surface area contributed by atoms with E-state index in [0.29, 0.717) is 29.0 Å². The minimum atomic E-state index is -0.899. The van der Waals surface area contributed by atoms with Crippen LogP contribution in [0.2, 0.25) is 0 Å². The van der Waals surface area contributed by atoms with Crippen molar-refractivity contribution in [2.75, 3.05) is 5.32 Å². The van der Waals surface area contributed by atoms with Gasteiger partial charge in [-0.3, -0.25) is 9.59 Å². The molecule has 0 aliphatic heterocycles. The highest BCUT2D eigenvalue weighted by Crippen LogP contribution is 2.21. The Morgan fingerprint density at radius 2 is 2.09 bits per heavy atom. The number of hydrogen-bond donors (Lipinski definition) is 2. The van der Waals surface area contributed by atoms with Crippen LogP contribution in [0.5, 0.6) is 0 Å². The third-order valence-corrected chi connectivity index (χ3v) is 3.48. The standard InChI is InChI=1S/C17H19NO4/c1-3-5-15-14(8-9-22-15)16(19)18-13-7-4-6-12(10-13)11(2)17(20)21/h4,6-11H,3,5H2,1-2H3,(H,18,19)(H,20,21). The number of benzene rings is 1. The van der Waals surface area contributed by atoms with Crippen molar-refractivity contribution < 1.29 is 19.1 Å². The summed E-state index contributed by atoms with van der Waals surface area (Å²) in [5, 5.41) is 11.8. The molecule has 1 aromatic heterocycles. The van der Waals surface area contributed by atoms with E-state index in [4.69, 9.17) is 9.52 Å². The monoisotopic (exact) mass is 301 g/mol. The lowest BCUT2D eigenvalue weighted by molar-refractivity contribution is -0.138. The van der Waals surface area contributed by atoms with Crippen LogP contribution < -0.4 is 5.32 Å². The molecule has 5 nitrogen and oxygen atoms in total. The number of rotatable bonds is 6. The van der Waals surface area contributed by atoms with Crippen molar-refractivity contribution in [3.8, 4) is 0 Å². The smallest absolute Gasteiger partial charge is 0.310 e. The molecular formula is C17H19NO4. The van der Waals surface area contributed by atoms with Crippen molar-refractivity contribution in [3.05, 3.63) is 53.5 Å². The molecule has 2 aromatic rings. The van der Waals surface area contributed by atoms with Gasteiger partial charge in [-0.05, 0) is 37.1 Å². The van der Waals surface area contributed by atoms with E-state index in [1.807, 2.05) is 6.92 Å². The van der Waals surface area contributed by atoms with Crippen LogP contribution in [0.25, 0.3) is 0 Å². The number of aryl methyl sites for hydroxylation is 1. The van der Waals surface area contributed by atoms with E-state index >= 15 is 0 Å². The van der Waals surface area contributed by atoms with Crippen molar-refractivity contribution in [2.24, 2.45) is 0 Å². The van der Waals surface area contributed by atoms with Gasteiger partial charge >= 0.3 is 5.97 Å². The van der Waals surface area contributed by atoms with Crippen molar-refractivity contribution in [1.29, 1.82) is 0 Å². The predicted octanol–water partition coefficient (Wildman–Crippen LogP) is 3.67. The number of hydrogen-bond acceptors (Lipinski definition) is 3. The van der Waals surface area contributed by atoms with Crippen LogP contribution >= 0.6 is 0 Å². The molecule has 0 spiro atoms. The van der Waals surface area contributed by atoms with Crippen molar-refractivity contribution >= 4 is 17.6 Å². The molecule has 22 heavy (non-hydrogen) atoms. The molecule has 0 aliphatic carbocycles. The van der Waals surface area contributed by atoms with Gasteiger partial charge in [0.25, 0.3) is 5.91 Å². The number of carbonyl (C=O) groups excluding carboxylic acids is 1. The van der Waals surface area contributed by atoms with E-state index in [9.17, 15) is 9.59 Å². The zero-order valence-electron chi connectivity index (χ0n) is 12.6. The van der Waals surface area contributed by atoms with Gasteiger partial charge in [0.05, 0.1) is 17.7 Å². The molecule has 0 saturated carbocycles. The zero-order valence-corrected chi connectivity index (χ0v) is 12.6. The molecule has 1 unspecified atom stereocenters. The van der Waals surface area contributed by atoms with Gasteiger partial charge in [-0.1, -0.05) is 19.1 Å². The summed E-state index contributed by atoms with van der Waals surface area (Å²) in [5.74, 6) is -1.11. The molecule has 0 bridgehead atoms. The Morgan fingerprint density at radius 3 is 2.77 bits per heavy atom. The second-order valence-electron chi connectivity index (χ2n) is 5.15. The van der Waals surface area contributed by atoms with Crippen molar-refractivity contribution in [1.82, 2.24) is 0 Å². The summed E-state index contributed by atoms with van der Waals surface area (Å²) in [6.45, 7) is 3.62. The number of carboxylic acids is 1. The largest absolute Gasteiger partial charge is 0.481 e. The Balaban J connectivity index is 2.16. The van der Waals surface area contributed by atoms with Crippen LogP contribution in [-0.4, -0.2) is 17.0 Å². The van der Waals surface area contributed by atoms with Gasteiger partial charge in [-0.25, -0.2) is 0 Å². The normalized spacial score (nSPS) is 11.9. The van der Waals surface area contributed by atoms with Crippen LogP contribution in [0.15, 0.2) is 41.0 Å². The Kier molecular flexibility index (Phi) is 4.99. The minimum Gasteiger partial charge on any atom is -0.481 e. The number of amides is 1. The number of carboxylic acid groups (broad SMARTS) is 1. The third kappa shape index (κ3) is 3.55. The molecule has 2 N–H and O–H groups in total. The average Bonchev–Trinajstić information content (AvgIpc) is 2.95. The first kappa shape index (κ1) is 15.8. The summed E-state index contributed by atoms with van der Waals surface area (Å²) >= 11 is 0. The fourth-order valence-electron chi connectivity index (χ4n) is 2.19. The van der Waals surface area contributed by atoms with E-state index in [2.05, 4.69) is 5.32 Å². The lowest BCUT2D eigenvalue weighted by Crippen LogP contribution is -2.14. The molecule has 0 aliphatic rings. The first-order chi connectivity index (χ1) is 10.5. The SMILES string of the molecule is CCCc1occc1C(=O)Nc1cccc(C(C)C(=O)O)c1. The Morgan fingerprint density at radius 1 is 1.32 bits per heavy atom. The van der Waals surface area contributed by atoms with Crippen LogP contribution in [0.1, 0.15) is 47.9 Å². The maximum absolute atomic E-state index is 12.3. The van der Waals surface area contributed by atoms with Crippen LogP contribution in [0, 0.1) is 0 Å². The number of aliphatic carboxylic acids is 1. The summed E-state index contributed by atoms with van der Waals surface area (Å²) in [6, 6.07) is 8.51. The van der Waals surface area contributed by atoms with Gasteiger partial charge in [-0.15, -0.1) is 0 Å². The molecule has 1 aromatic carbocycles. The van der Waals surface area contributed by atoms with E-state index in [1.54, 1.807) is 37.3 Å². The molecule has 1 heterocycles. The lowest BCUT2D eigenvalue weighted by atomic mass is 10.0. The van der Waals surface area contributed by atoms with E-state index in [-0.39, 0.29) is 5.91 Å². The van der Waals surface area contributed by atoms with Crippen molar-refractivity contribution in [3.63, 3.8) is 0 Å². The highest BCUT2D eigenvalue weighted by molar-refractivity contribution is 6.05. The maximum Gasteiger partial charge on any atom is 0.310 e. The molecule has 1 atom stereocenters. The maximum atomic E-state index is 12.3. The first-order valence-electron chi connectivity index (χ1n) is 7.23. The van der Waals surface area contributed by atoms with Crippen LogP contribution in [0.4, 0.5) is 5.69 Å².